The van der Waals surface area contributed by atoms with Crippen molar-refractivity contribution in [1.29, 1.82) is 0 Å². The molecule has 89 heavy (non-hydrogen) atoms. The van der Waals surface area contributed by atoms with Gasteiger partial charge in [-0.25, -0.2) is 0 Å². The van der Waals surface area contributed by atoms with E-state index in [-0.39, 0.29) is 23.0 Å². The van der Waals surface area contributed by atoms with E-state index >= 15 is 0 Å². The van der Waals surface area contributed by atoms with E-state index in [1.54, 1.807) is 0 Å². The fourth-order valence-electron chi connectivity index (χ4n) is 15.5. The fraction of sp³-hybridized carbons (Fsp3) is 0.190. The minimum Gasteiger partial charge on any atom is -0.311 e. The Morgan fingerprint density at radius 2 is 0.899 bits per heavy atom. The molecule has 3 nitrogen and oxygen atoms in total. The second-order valence-electron chi connectivity index (χ2n) is 28.8. The number of hydrogen-bond donors (Lipinski definition) is 0. The maximum Gasteiger partial charge on any atom is 0.264 e. The summed E-state index contributed by atoms with van der Waals surface area (Å²) in [5, 5.41) is 1.30. The quantitative estimate of drug-likeness (QED) is 0.154. The van der Waals surface area contributed by atoms with E-state index in [4.69, 9.17) is 0 Å². The van der Waals surface area contributed by atoms with Gasteiger partial charge in [-0.05, 0) is 211 Å². The van der Waals surface area contributed by atoms with Crippen molar-refractivity contribution < 1.29 is 0 Å². The summed E-state index contributed by atoms with van der Waals surface area (Å²) in [6.07, 6.45) is 0. The van der Waals surface area contributed by atoms with Gasteiger partial charge in [-0.2, -0.15) is 0 Å². The van der Waals surface area contributed by atoms with Gasteiger partial charge >= 0.3 is 0 Å². The van der Waals surface area contributed by atoms with Crippen molar-refractivity contribution in [1.82, 2.24) is 0 Å². The van der Waals surface area contributed by atoms with Crippen molar-refractivity contribution in [2.24, 2.45) is 0 Å². The number of rotatable bonds is 6. The third-order valence-electron chi connectivity index (χ3n) is 19.9. The molecule has 0 radical (unpaired) electrons. The van der Waals surface area contributed by atoms with Crippen LogP contribution in [0.15, 0.2) is 231 Å². The Labute approximate surface area is 530 Å². The Morgan fingerprint density at radius 1 is 0.382 bits per heavy atom. The molecular formula is C84H74BN3S. The normalized spacial score (nSPS) is 15.2. The van der Waals surface area contributed by atoms with E-state index in [0.29, 0.717) is 0 Å². The molecule has 16 rings (SSSR count). The Balaban J connectivity index is 0.997. The molecule has 0 N–H and O–H groups in total. The second kappa shape index (κ2) is 19.7. The smallest absolute Gasteiger partial charge is 0.264 e. The lowest BCUT2D eigenvalue weighted by atomic mass is 9.36. The lowest BCUT2D eigenvalue weighted by molar-refractivity contribution is 0.590. The first kappa shape index (κ1) is 55.2. The van der Waals surface area contributed by atoms with Crippen LogP contribution in [-0.4, -0.2) is 6.71 Å². The molecule has 434 valence electrons. The number of fused-ring (bicyclic) bond motifs is 16. The predicted molar refractivity (Wildman–Crippen MR) is 383 cm³/mol. The highest BCUT2D eigenvalue weighted by Crippen LogP contribution is 2.65. The van der Waals surface area contributed by atoms with Gasteiger partial charge in [0, 0.05) is 60.2 Å². The van der Waals surface area contributed by atoms with E-state index in [1.165, 1.54) is 143 Å². The van der Waals surface area contributed by atoms with Crippen molar-refractivity contribution in [3.05, 3.63) is 286 Å². The highest BCUT2D eigenvalue weighted by molar-refractivity contribution is 7.33. The summed E-state index contributed by atoms with van der Waals surface area (Å²) in [6.45, 7) is 27.5. The van der Waals surface area contributed by atoms with Crippen LogP contribution in [0.25, 0.3) is 43.5 Å². The second-order valence-corrected chi connectivity index (χ2v) is 29.9. The van der Waals surface area contributed by atoms with Gasteiger partial charge in [0.2, 0.25) is 0 Å². The average molecular weight is 1170 g/mol. The lowest BCUT2D eigenvalue weighted by Crippen LogP contribution is -2.60. The zero-order chi connectivity index (χ0) is 61.2. The minimum atomic E-state index is -0.664. The average Bonchev–Trinajstić information content (AvgIpc) is 1.31. The predicted octanol–water partition coefficient (Wildman–Crippen LogP) is 21.3. The molecule has 0 bridgehead atoms. The van der Waals surface area contributed by atoms with E-state index < -0.39 is 5.41 Å². The van der Waals surface area contributed by atoms with Gasteiger partial charge in [0.25, 0.3) is 6.71 Å². The number of nitrogens with zero attached hydrogens (tertiary/aromatic N) is 3. The summed E-state index contributed by atoms with van der Waals surface area (Å²) >= 11 is 1.98. The van der Waals surface area contributed by atoms with Crippen molar-refractivity contribution in [2.75, 3.05) is 14.7 Å². The van der Waals surface area contributed by atoms with Gasteiger partial charge in [0.15, 0.2) is 0 Å². The number of thiophene rings is 1. The lowest BCUT2D eigenvalue weighted by Gasteiger charge is -2.44. The molecule has 2 aliphatic heterocycles. The van der Waals surface area contributed by atoms with E-state index in [2.05, 4.69) is 328 Å². The monoisotopic (exact) mass is 1170 g/mol. The summed E-state index contributed by atoms with van der Waals surface area (Å²) < 4.78 is 2.69. The van der Waals surface area contributed by atoms with Gasteiger partial charge in [-0.15, -0.1) is 11.3 Å². The van der Waals surface area contributed by atoms with E-state index in [9.17, 15) is 0 Å². The van der Waals surface area contributed by atoms with Crippen molar-refractivity contribution in [3.63, 3.8) is 0 Å². The van der Waals surface area contributed by atoms with Crippen LogP contribution in [0.3, 0.4) is 0 Å². The first-order chi connectivity index (χ1) is 42.7. The van der Waals surface area contributed by atoms with Gasteiger partial charge < -0.3 is 14.7 Å². The summed E-state index contributed by atoms with van der Waals surface area (Å²) in [7, 11) is 0. The standard InChI is InChI=1S/C84H74BN3S/c1-51-26-42-73(65(44-51)54-20-14-13-15-21-54)88-74-50-71-66(49-72(74)85-78-75(46-53(3)47-76(78)88)87(60-38-32-57(33-39-60)83(10,11)12)79-67-45-52(2)27-43-77(67)89-80(79)85)63-23-17-19-25-69(63)84(71)68-24-18-16-22-62(68)64-41-40-61(48-70(64)84)86(58-34-28-55(29-35-58)81(4,5)6)59-36-30-56(31-37-59)82(7,8)9/h13-50H,1-12H3. The van der Waals surface area contributed by atoms with Crippen molar-refractivity contribution in [3.8, 4) is 33.4 Å². The molecule has 3 heterocycles. The summed E-state index contributed by atoms with van der Waals surface area (Å²) in [4.78, 5) is 7.80. The molecule has 1 aromatic heterocycles. The van der Waals surface area contributed by atoms with Crippen LogP contribution >= 0.6 is 11.3 Å². The number of hydrogen-bond acceptors (Lipinski definition) is 4. The minimum absolute atomic E-state index is 0.0146. The molecule has 0 saturated heterocycles. The summed E-state index contributed by atoms with van der Waals surface area (Å²) in [6, 6.07) is 89.7. The van der Waals surface area contributed by atoms with Gasteiger partial charge in [-0.3, -0.25) is 0 Å². The van der Waals surface area contributed by atoms with E-state index in [1.807, 2.05) is 11.3 Å². The summed E-state index contributed by atoms with van der Waals surface area (Å²) in [5.74, 6) is 0. The molecule has 2 aliphatic carbocycles. The molecule has 11 aromatic carbocycles. The molecule has 1 unspecified atom stereocenters. The molecule has 5 heteroatoms. The van der Waals surface area contributed by atoms with Crippen LogP contribution in [0.5, 0.6) is 0 Å². The Bertz CT molecular complexity index is 4820. The zero-order valence-corrected chi connectivity index (χ0v) is 54.1. The van der Waals surface area contributed by atoms with Crippen LogP contribution in [0.2, 0.25) is 0 Å². The van der Waals surface area contributed by atoms with Crippen molar-refractivity contribution >= 4 is 95.0 Å². The summed E-state index contributed by atoms with van der Waals surface area (Å²) in [5.41, 5.74) is 33.2. The molecule has 4 aliphatic rings. The number of benzene rings is 11. The Morgan fingerprint density at radius 3 is 1.52 bits per heavy atom. The number of anilines is 9. The molecule has 12 aromatic rings. The number of aryl methyl sites for hydroxylation is 3. The largest absolute Gasteiger partial charge is 0.311 e. The highest BCUT2D eigenvalue weighted by atomic mass is 32.1. The molecule has 0 fully saturated rings. The Kier molecular flexibility index (Phi) is 12.2. The van der Waals surface area contributed by atoms with Crippen LogP contribution in [0.1, 0.15) is 118 Å². The van der Waals surface area contributed by atoms with Crippen LogP contribution in [-0.2, 0) is 21.7 Å². The first-order valence-corrected chi connectivity index (χ1v) is 32.7. The third kappa shape index (κ3) is 8.37. The fourth-order valence-corrected chi connectivity index (χ4v) is 16.8. The van der Waals surface area contributed by atoms with Crippen LogP contribution in [0, 0.1) is 20.8 Å². The molecule has 0 saturated carbocycles. The SMILES string of the molecule is Cc1ccc(N2c3cc4c(cc3B3c5sc6ccc(C)cc6c5N(c5ccc(C(C)(C)C)cc5)c5cc(C)cc2c53)-c2ccccc2C42c3ccccc3-c3ccc(N(c4ccc(C(C)(C)C)cc4)c4ccc(C(C)(C)C)cc4)cc32)c(-c2ccccc2)c1. The highest BCUT2D eigenvalue weighted by Gasteiger charge is 2.54. The van der Waals surface area contributed by atoms with Gasteiger partial charge in [0.1, 0.15) is 0 Å². The van der Waals surface area contributed by atoms with Gasteiger partial charge in [-0.1, -0.05) is 213 Å². The molecule has 1 atom stereocenters. The maximum absolute atomic E-state index is 2.68. The Hall–Kier alpha value is -9.16. The third-order valence-corrected chi connectivity index (χ3v) is 21.1. The van der Waals surface area contributed by atoms with E-state index in [0.717, 1.165) is 22.7 Å². The molecule has 0 amide bonds. The van der Waals surface area contributed by atoms with Gasteiger partial charge in [0.05, 0.1) is 16.8 Å². The topological polar surface area (TPSA) is 9.72 Å². The molecule has 1 spiro atoms. The van der Waals surface area contributed by atoms with Crippen molar-refractivity contribution in [2.45, 2.75) is 105 Å². The zero-order valence-electron chi connectivity index (χ0n) is 53.3. The van der Waals surface area contributed by atoms with Crippen LogP contribution < -0.4 is 30.4 Å². The first-order valence-electron chi connectivity index (χ1n) is 31.8. The van der Waals surface area contributed by atoms with Crippen LogP contribution in [0.4, 0.5) is 51.2 Å². The maximum atomic E-state index is 2.68. The molecular weight excluding hydrogens is 1090 g/mol.